The van der Waals surface area contributed by atoms with Crippen molar-refractivity contribution >= 4 is 21.8 Å². The number of nitrogens with two attached hydrogens (primary N) is 1. The fourth-order valence-electron chi connectivity index (χ4n) is 2.55. The zero-order valence-corrected chi connectivity index (χ0v) is 16.8. The second kappa shape index (κ2) is 8.99. The van der Waals surface area contributed by atoms with E-state index in [0.29, 0.717) is 11.5 Å². The van der Waals surface area contributed by atoms with Gasteiger partial charge in [-0.15, -0.1) is 0 Å². The molecular weight excluding hydrogens is 382 g/mol. The molecule has 0 saturated carbocycles. The molecule has 0 aliphatic rings. The predicted octanol–water partition coefficient (Wildman–Crippen LogP) is 2.90. The Labute approximate surface area is 164 Å². The third kappa shape index (κ3) is 5.17. The van der Waals surface area contributed by atoms with Gasteiger partial charge in [-0.1, -0.05) is 38.1 Å². The van der Waals surface area contributed by atoms with Crippen LogP contribution in [0.3, 0.4) is 0 Å². The van der Waals surface area contributed by atoms with Crippen LogP contribution in [0.25, 0.3) is 0 Å². The molecule has 0 aromatic heterocycles. The first kappa shape index (κ1) is 21.6. The highest BCUT2D eigenvalue weighted by molar-refractivity contribution is 7.89. The summed E-state index contributed by atoms with van der Waals surface area (Å²) in [6.45, 7) is 3.70. The number of methoxy groups -OCH3 is 1. The van der Waals surface area contributed by atoms with Gasteiger partial charge in [-0.3, -0.25) is 4.79 Å². The summed E-state index contributed by atoms with van der Waals surface area (Å²) in [6.07, 6.45) is 0.990. The van der Waals surface area contributed by atoms with Crippen molar-refractivity contribution in [2.24, 2.45) is 5.14 Å². The Hall–Kier alpha value is -2.71. The standard InChI is InChI=1S/C20H23NO6S/c1-4-13(2)14-5-7-15(8-6-14)18(22)12-27-20(23)17-11-16(28(21,24)25)9-10-19(17)26-3/h5-11,13H,4,12H2,1-3H3,(H2,21,24,25)/t13-/m0/s1. The van der Waals surface area contributed by atoms with Crippen molar-refractivity contribution in [3.05, 3.63) is 59.2 Å². The summed E-state index contributed by atoms with van der Waals surface area (Å²) in [5.41, 5.74) is 1.42. The van der Waals surface area contributed by atoms with E-state index in [2.05, 4.69) is 13.8 Å². The maximum atomic E-state index is 12.3. The number of esters is 1. The van der Waals surface area contributed by atoms with Crippen molar-refractivity contribution in [1.29, 1.82) is 0 Å². The SMILES string of the molecule is CC[C@H](C)c1ccc(C(=O)COC(=O)c2cc(S(N)(=O)=O)ccc2OC)cc1. The Morgan fingerprint density at radius 1 is 1.11 bits per heavy atom. The van der Waals surface area contributed by atoms with Gasteiger partial charge in [0.2, 0.25) is 10.0 Å². The molecule has 0 amide bonds. The Morgan fingerprint density at radius 2 is 1.75 bits per heavy atom. The summed E-state index contributed by atoms with van der Waals surface area (Å²) in [5.74, 6) is -0.749. The number of rotatable bonds is 8. The highest BCUT2D eigenvalue weighted by atomic mass is 32.2. The Morgan fingerprint density at radius 3 is 2.29 bits per heavy atom. The van der Waals surface area contributed by atoms with Crippen molar-refractivity contribution in [1.82, 2.24) is 0 Å². The first-order valence-corrected chi connectivity index (χ1v) is 10.2. The van der Waals surface area contributed by atoms with Crippen molar-refractivity contribution in [3.63, 3.8) is 0 Å². The molecule has 150 valence electrons. The normalized spacial score (nSPS) is 12.3. The van der Waals surface area contributed by atoms with Crippen molar-refractivity contribution in [3.8, 4) is 5.75 Å². The van der Waals surface area contributed by atoms with Crippen molar-refractivity contribution in [2.75, 3.05) is 13.7 Å². The molecule has 0 aliphatic carbocycles. The highest BCUT2D eigenvalue weighted by Crippen LogP contribution is 2.23. The molecule has 8 heteroatoms. The van der Waals surface area contributed by atoms with Crippen molar-refractivity contribution < 1.29 is 27.5 Å². The molecule has 0 aliphatic heterocycles. The zero-order valence-electron chi connectivity index (χ0n) is 16.0. The Bertz CT molecular complexity index is 967. The summed E-state index contributed by atoms with van der Waals surface area (Å²) in [6, 6.07) is 10.7. The molecule has 0 heterocycles. The van der Waals surface area contributed by atoms with Crippen LogP contribution in [-0.2, 0) is 14.8 Å². The molecule has 0 radical (unpaired) electrons. The van der Waals surface area contributed by atoms with Crippen LogP contribution in [-0.4, -0.2) is 33.9 Å². The van der Waals surface area contributed by atoms with E-state index in [4.69, 9.17) is 14.6 Å². The smallest absolute Gasteiger partial charge is 0.342 e. The lowest BCUT2D eigenvalue weighted by atomic mass is 9.97. The number of hydrogen-bond donors (Lipinski definition) is 1. The molecule has 1 atom stereocenters. The number of carbonyl (C=O) groups excluding carboxylic acids is 2. The third-order valence-corrected chi connectivity index (χ3v) is 5.38. The molecule has 2 aromatic rings. The fraction of sp³-hybridized carbons (Fsp3) is 0.300. The first-order chi connectivity index (χ1) is 13.2. The first-order valence-electron chi connectivity index (χ1n) is 8.68. The minimum atomic E-state index is -4.00. The zero-order chi connectivity index (χ0) is 20.9. The molecular formula is C20H23NO6S. The molecule has 2 rings (SSSR count). The van der Waals surface area contributed by atoms with Crippen LogP contribution in [0.5, 0.6) is 5.75 Å². The molecule has 0 spiro atoms. The van der Waals surface area contributed by atoms with Crippen LogP contribution in [0, 0.1) is 0 Å². The average molecular weight is 405 g/mol. The van der Waals surface area contributed by atoms with Gasteiger partial charge in [0.1, 0.15) is 11.3 Å². The monoisotopic (exact) mass is 405 g/mol. The maximum Gasteiger partial charge on any atom is 0.342 e. The van der Waals surface area contributed by atoms with E-state index >= 15 is 0 Å². The summed E-state index contributed by atoms with van der Waals surface area (Å²) < 4.78 is 33.1. The molecule has 28 heavy (non-hydrogen) atoms. The maximum absolute atomic E-state index is 12.3. The quantitative estimate of drug-likeness (QED) is 0.534. The third-order valence-electron chi connectivity index (χ3n) is 4.47. The van der Waals surface area contributed by atoms with Crippen LogP contribution in [0.1, 0.15) is 52.5 Å². The van der Waals surface area contributed by atoms with E-state index in [1.165, 1.54) is 19.2 Å². The number of sulfonamides is 1. The van der Waals surface area contributed by atoms with Gasteiger partial charge in [0.25, 0.3) is 0 Å². The number of ketones is 1. The summed E-state index contributed by atoms with van der Waals surface area (Å²) >= 11 is 0. The predicted molar refractivity (Wildman–Crippen MR) is 104 cm³/mol. The minimum absolute atomic E-state index is 0.114. The van der Waals surface area contributed by atoms with Crippen molar-refractivity contribution in [2.45, 2.75) is 31.1 Å². The topological polar surface area (TPSA) is 113 Å². The van der Waals surface area contributed by atoms with Gasteiger partial charge < -0.3 is 9.47 Å². The van der Waals surface area contributed by atoms with Gasteiger partial charge in [0.05, 0.1) is 12.0 Å². The van der Waals surface area contributed by atoms with Gasteiger partial charge in [-0.2, -0.15) is 0 Å². The van der Waals surface area contributed by atoms with Crippen LogP contribution in [0.4, 0.5) is 0 Å². The number of carbonyl (C=O) groups is 2. The summed E-state index contributed by atoms with van der Waals surface area (Å²) in [5, 5.41) is 5.08. The Kier molecular flexibility index (Phi) is 6.93. The van der Waals surface area contributed by atoms with E-state index in [9.17, 15) is 18.0 Å². The van der Waals surface area contributed by atoms with Gasteiger partial charge in [-0.05, 0) is 36.1 Å². The molecule has 0 saturated heterocycles. The fourth-order valence-corrected chi connectivity index (χ4v) is 3.09. The number of primary sulfonamides is 1. The number of benzene rings is 2. The summed E-state index contributed by atoms with van der Waals surface area (Å²) in [4.78, 5) is 24.4. The van der Waals surface area contributed by atoms with Crippen LogP contribution < -0.4 is 9.88 Å². The van der Waals surface area contributed by atoms with E-state index in [1.54, 1.807) is 12.1 Å². The number of Topliss-reactive ketones (excluding diaryl/α,β-unsaturated/α-hetero) is 1. The lowest BCUT2D eigenvalue weighted by Gasteiger charge is -2.11. The lowest BCUT2D eigenvalue weighted by molar-refractivity contribution is 0.0471. The van der Waals surface area contributed by atoms with Gasteiger partial charge >= 0.3 is 5.97 Å². The van der Waals surface area contributed by atoms with E-state index in [-0.39, 0.29) is 22.0 Å². The molecule has 7 nitrogen and oxygen atoms in total. The number of hydrogen-bond acceptors (Lipinski definition) is 6. The average Bonchev–Trinajstić information content (AvgIpc) is 2.70. The van der Waals surface area contributed by atoms with E-state index < -0.39 is 22.6 Å². The molecule has 2 aromatic carbocycles. The van der Waals surface area contributed by atoms with E-state index in [0.717, 1.165) is 18.1 Å². The lowest BCUT2D eigenvalue weighted by Crippen LogP contribution is -2.17. The Balaban J connectivity index is 2.12. The van der Waals surface area contributed by atoms with Crippen LogP contribution in [0.15, 0.2) is 47.4 Å². The highest BCUT2D eigenvalue weighted by Gasteiger charge is 2.20. The van der Waals surface area contributed by atoms with E-state index in [1.807, 2.05) is 12.1 Å². The van der Waals surface area contributed by atoms with Gasteiger partial charge in [0, 0.05) is 5.56 Å². The minimum Gasteiger partial charge on any atom is -0.496 e. The van der Waals surface area contributed by atoms with Gasteiger partial charge in [0.15, 0.2) is 12.4 Å². The molecule has 0 bridgehead atoms. The second-order valence-electron chi connectivity index (χ2n) is 6.34. The largest absolute Gasteiger partial charge is 0.496 e. The van der Waals surface area contributed by atoms with Crippen LogP contribution in [0.2, 0.25) is 0 Å². The molecule has 0 fully saturated rings. The summed E-state index contributed by atoms with van der Waals surface area (Å²) in [7, 11) is -2.68. The van der Waals surface area contributed by atoms with Crippen LogP contribution >= 0.6 is 0 Å². The molecule has 0 unspecified atom stereocenters. The molecule has 2 N–H and O–H groups in total. The van der Waals surface area contributed by atoms with Gasteiger partial charge in [-0.25, -0.2) is 18.4 Å². The number of ether oxygens (including phenoxy) is 2. The second-order valence-corrected chi connectivity index (χ2v) is 7.90.